The van der Waals surface area contributed by atoms with Crippen molar-refractivity contribution >= 4 is 38.5 Å². The summed E-state index contributed by atoms with van der Waals surface area (Å²) in [4.78, 5) is 5.46. The van der Waals surface area contributed by atoms with E-state index in [0.717, 1.165) is 29.5 Å². The van der Waals surface area contributed by atoms with Crippen molar-refractivity contribution in [3.8, 4) is 0 Å². The van der Waals surface area contributed by atoms with Gasteiger partial charge in [0.25, 0.3) is 0 Å². The van der Waals surface area contributed by atoms with E-state index in [1.807, 2.05) is 19.0 Å². The number of thiazole rings is 1. The van der Waals surface area contributed by atoms with Gasteiger partial charge in [0.15, 0.2) is 9.84 Å². The highest BCUT2D eigenvalue weighted by molar-refractivity contribution is 7.90. The normalized spacial score (nSPS) is 20.8. The lowest BCUT2D eigenvalue weighted by Crippen LogP contribution is -2.47. The van der Waals surface area contributed by atoms with Gasteiger partial charge in [0.2, 0.25) is 0 Å². The molecule has 2 aromatic carbocycles. The van der Waals surface area contributed by atoms with Crippen molar-refractivity contribution < 1.29 is 26.0 Å². The summed E-state index contributed by atoms with van der Waals surface area (Å²) < 4.78 is 80.4. The van der Waals surface area contributed by atoms with E-state index in [1.165, 1.54) is 18.3 Å². The zero-order chi connectivity index (χ0) is 27.0. The fourth-order valence-electron chi connectivity index (χ4n) is 4.84. The largest absolute Gasteiger partial charge is 0.416 e. The molecule has 0 aliphatic heterocycles. The quantitative estimate of drug-likeness (QED) is 0.321. The number of hydrogen-bond acceptors (Lipinski definition) is 6. The van der Waals surface area contributed by atoms with Crippen molar-refractivity contribution in [3.05, 3.63) is 74.9 Å². The van der Waals surface area contributed by atoms with Crippen LogP contribution in [-0.2, 0) is 21.8 Å². The predicted octanol–water partition coefficient (Wildman–Crippen LogP) is 6.61. The minimum atomic E-state index is -4.43. The van der Waals surface area contributed by atoms with E-state index in [9.17, 15) is 21.6 Å². The van der Waals surface area contributed by atoms with Crippen LogP contribution in [0.1, 0.15) is 41.3 Å². The van der Waals surface area contributed by atoms with Gasteiger partial charge < -0.3 is 10.2 Å². The minimum absolute atomic E-state index is 0.00879. The molecular weight excluding hydrogens is 550 g/mol. The van der Waals surface area contributed by atoms with Crippen molar-refractivity contribution in [1.82, 2.24) is 9.88 Å². The van der Waals surface area contributed by atoms with E-state index in [1.54, 1.807) is 11.4 Å². The first-order valence-electron chi connectivity index (χ1n) is 11.6. The third-order valence-electron chi connectivity index (χ3n) is 6.66. The van der Waals surface area contributed by atoms with Crippen LogP contribution in [0.5, 0.6) is 0 Å². The van der Waals surface area contributed by atoms with Crippen LogP contribution in [0.3, 0.4) is 0 Å². The van der Waals surface area contributed by atoms with Gasteiger partial charge >= 0.3 is 6.18 Å². The molecule has 0 amide bonds. The summed E-state index contributed by atoms with van der Waals surface area (Å²) in [5, 5.41) is 5.27. The van der Waals surface area contributed by atoms with Crippen LogP contribution < -0.4 is 5.32 Å². The predicted molar refractivity (Wildman–Crippen MR) is 137 cm³/mol. The summed E-state index contributed by atoms with van der Waals surface area (Å²) in [5.74, 6) is -1.51. The van der Waals surface area contributed by atoms with Gasteiger partial charge in [0.1, 0.15) is 21.5 Å². The van der Waals surface area contributed by atoms with Crippen molar-refractivity contribution in [2.45, 2.75) is 54.1 Å². The molecule has 4 rings (SSSR count). The first-order valence-corrected chi connectivity index (χ1v) is 14.5. The molecule has 1 heterocycles. The molecule has 1 N–H and O–H groups in total. The minimum Gasteiger partial charge on any atom is -0.379 e. The molecule has 0 unspecified atom stereocenters. The smallest absolute Gasteiger partial charge is 0.379 e. The second-order valence-corrected chi connectivity index (χ2v) is 12.7. The lowest BCUT2D eigenvalue weighted by atomic mass is 9.78. The number of nitrogens with one attached hydrogen (secondary N) is 1. The molecule has 37 heavy (non-hydrogen) atoms. The summed E-state index contributed by atoms with van der Waals surface area (Å²) in [6.07, 6.45) is -1.07. The molecule has 1 aliphatic carbocycles. The summed E-state index contributed by atoms with van der Waals surface area (Å²) in [6.45, 7) is 0. The Labute approximate surface area is 222 Å². The van der Waals surface area contributed by atoms with Gasteiger partial charge in [-0.1, -0.05) is 29.8 Å². The Morgan fingerprint density at radius 1 is 1.19 bits per heavy atom. The van der Waals surface area contributed by atoms with Crippen LogP contribution in [0.15, 0.2) is 52.9 Å². The maximum Gasteiger partial charge on any atom is 0.416 e. The zero-order valence-electron chi connectivity index (χ0n) is 20.1. The van der Waals surface area contributed by atoms with Gasteiger partial charge in [-0.15, -0.1) is 11.3 Å². The number of nitrogens with zero attached hydrogens (tertiary/aromatic N) is 2. The Morgan fingerprint density at radius 2 is 1.95 bits per heavy atom. The van der Waals surface area contributed by atoms with E-state index in [2.05, 4.69) is 10.3 Å². The van der Waals surface area contributed by atoms with Crippen molar-refractivity contribution in [2.75, 3.05) is 19.4 Å². The molecule has 1 aromatic heterocycles. The van der Waals surface area contributed by atoms with Gasteiger partial charge in [-0.25, -0.2) is 17.8 Å². The third kappa shape index (κ3) is 6.45. The van der Waals surface area contributed by atoms with E-state index >= 15 is 4.39 Å². The Hall–Kier alpha value is -2.21. The third-order valence-corrected chi connectivity index (χ3v) is 9.57. The van der Waals surface area contributed by atoms with Crippen LogP contribution in [0, 0.1) is 5.82 Å². The zero-order valence-corrected chi connectivity index (χ0v) is 22.5. The SMILES string of the molecule is CN(C)[C@@H]1CC[C@@H](c2cccc(C(F)(F)F)c2)C[C@H]1Nc1cc(F)c(S(=O)(=O)Cc2nccs2)cc1Cl. The molecule has 0 spiro atoms. The van der Waals surface area contributed by atoms with E-state index in [-0.39, 0.29) is 28.7 Å². The number of likely N-dealkylation sites (N-methyl/N-ethyl adjacent to an activating group) is 1. The lowest BCUT2D eigenvalue weighted by molar-refractivity contribution is -0.137. The average Bonchev–Trinajstić information content (AvgIpc) is 3.32. The van der Waals surface area contributed by atoms with Crippen LogP contribution in [0.25, 0.3) is 0 Å². The lowest BCUT2D eigenvalue weighted by Gasteiger charge is -2.41. The molecule has 5 nitrogen and oxygen atoms in total. The fraction of sp³-hybridized carbons (Fsp3) is 0.400. The Balaban J connectivity index is 1.59. The molecule has 3 aromatic rings. The Kier molecular flexibility index (Phi) is 8.18. The van der Waals surface area contributed by atoms with E-state index in [0.29, 0.717) is 29.8 Å². The monoisotopic (exact) mass is 575 g/mol. The fourth-order valence-corrected chi connectivity index (χ4v) is 7.47. The van der Waals surface area contributed by atoms with Crippen LogP contribution in [-0.4, -0.2) is 44.5 Å². The van der Waals surface area contributed by atoms with Gasteiger partial charge in [-0.2, -0.15) is 13.2 Å². The number of alkyl halides is 3. The molecule has 3 atom stereocenters. The molecule has 1 fully saturated rings. The number of rotatable bonds is 7. The number of benzene rings is 2. The molecule has 1 saturated carbocycles. The summed E-state index contributed by atoms with van der Waals surface area (Å²) in [5.41, 5.74) is 0.137. The number of aromatic nitrogens is 1. The van der Waals surface area contributed by atoms with Crippen molar-refractivity contribution in [2.24, 2.45) is 0 Å². The average molecular weight is 576 g/mol. The van der Waals surface area contributed by atoms with Gasteiger partial charge in [0, 0.05) is 23.7 Å². The molecule has 1 aliphatic rings. The Morgan fingerprint density at radius 3 is 2.59 bits per heavy atom. The van der Waals surface area contributed by atoms with Crippen LogP contribution >= 0.6 is 22.9 Å². The topological polar surface area (TPSA) is 62.3 Å². The summed E-state index contributed by atoms with van der Waals surface area (Å²) in [6, 6.07) is 7.26. The second-order valence-electron chi connectivity index (χ2n) is 9.36. The van der Waals surface area contributed by atoms with Crippen LogP contribution in [0.2, 0.25) is 5.02 Å². The number of sulfone groups is 1. The number of hydrogen-bond donors (Lipinski definition) is 1. The second kappa shape index (κ2) is 10.9. The Bertz CT molecular complexity index is 1350. The van der Waals surface area contributed by atoms with Crippen LogP contribution in [0.4, 0.5) is 23.2 Å². The molecule has 0 bridgehead atoms. The number of anilines is 1. The van der Waals surface area contributed by atoms with Crippen molar-refractivity contribution in [1.29, 1.82) is 0 Å². The molecular formula is C25H26ClF4N3O2S2. The first-order chi connectivity index (χ1) is 17.3. The first kappa shape index (κ1) is 27.8. The molecule has 12 heteroatoms. The van der Waals surface area contributed by atoms with E-state index < -0.39 is 38.0 Å². The van der Waals surface area contributed by atoms with Crippen molar-refractivity contribution in [3.63, 3.8) is 0 Å². The van der Waals surface area contributed by atoms with E-state index in [4.69, 9.17) is 11.6 Å². The summed E-state index contributed by atoms with van der Waals surface area (Å²) >= 11 is 7.57. The molecule has 0 saturated heterocycles. The maximum absolute atomic E-state index is 15.1. The summed E-state index contributed by atoms with van der Waals surface area (Å²) in [7, 11) is -0.204. The number of halogens is 5. The standard InChI is InChI=1S/C25H26ClF4N3O2S2/c1-33(2)22-7-6-16(15-4-3-5-17(10-15)25(28,29)30)11-21(22)32-20-13-19(27)23(12-18(20)26)37(34,35)14-24-31-8-9-36-24/h3-5,8-10,12-13,16,21-22,32H,6-7,11,14H2,1-2H3/t16-,21-,22-/m1/s1. The highest BCUT2D eigenvalue weighted by atomic mass is 35.5. The molecule has 200 valence electrons. The highest BCUT2D eigenvalue weighted by Gasteiger charge is 2.35. The maximum atomic E-state index is 15.1. The van der Waals surface area contributed by atoms with Gasteiger partial charge in [-0.05, 0) is 63.0 Å². The highest BCUT2D eigenvalue weighted by Crippen LogP contribution is 2.39. The molecule has 0 radical (unpaired) electrons. The van der Waals surface area contributed by atoms with Gasteiger partial charge in [0.05, 0.1) is 16.3 Å². The van der Waals surface area contributed by atoms with Gasteiger partial charge in [-0.3, -0.25) is 0 Å².